The molecule has 0 unspecified atom stereocenters. The minimum atomic E-state index is -0.401. The average Bonchev–Trinajstić information content (AvgIpc) is 2.96. The molecule has 2 N–H and O–H groups in total. The summed E-state index contributed by atoms with van der Waals surface area (Å²) >= 11 is 0. The molecule has 5 nitrogen and oxygen atoms in total. The van der Waals surface area contributed by atoms with Crippen molar-refractivity contribution in [3.8, 4) is 0 Å². The minimum Gasteiger partial charge on any atom is -0.368 e. The van der Waals surface area contributed by atoms with Crippen LogP contribution < -0.4 is 5.73 Å². The summed E-state index contributed by atoms with van der Waals surface area (Å²) in [7, 11) is 4.14. The van der Waals surface area contributed by atoms with Gasteiger partial charge in [0, 0.05) is 25.0 Å². The summed E-state index contributed by atoms with van der Waals surface area (Å²) in [5, 5.41) is 0. The fourth-order valence-corrected chi connectivity index (χ4v) is 4.04. The van der Waals surface area contributed by atoms with Gasteiger partial charge in [-0.05, 0) is 50.2 Å². The van der Waals surface area contributed by atoms with Crippen molar-refractivity contribution in [3.63, 3.8) is 0 Å². The zero-order valence-electron chi connectivity index (χ0n) is 14.9. The molecular formula is C20H26N4O. The molecule has 0 bridgehead atoms. The molecule has 2 heterocycles. The normalized spacial score (nSPS) is 22.2. The van der Waals surface area contributed by atoms with Crippen molar-refractivity contribution in [1.82, 2.24) is 14.8 Å². The second-order valence-electron chi connectivity index (χ2n) is 6.92. The maximum atomic E-state index is 12.1. The lowest BCUT2D eigenvalue weighted by molar-refractivity contribution is -0.123. The lowest BCUT2D eigenvalue weighted by atomic mass is 9.93. The SMILES string of the molecule is CN(C[C@@H]1CCN(C)[C@H]1c1cccnc1)[C@@H](C(N)=O)c1ccccc1. The molecule has 132 valence electrons. The van der Waals surface area contributed by atoms with Crippen molar-refractivity contribution < 1.29 is 4.79 Å². The minimum absolute atomic E-state index is 0.307. The van der Waals surface area contributed by atoms with Gasteiger partial charge in [-0.3, -0.25) is 19.6 Å². The van der Waals surface area contributed by atoms with Gasteiger partial charge in [-0.2, -0.15) is 0 Å². The third-order valence-electron chi connectivity index (χ3n) is 5.15. The van der Waals surface area contributed by atoms with E-state index in [4.69, 9.17) is 5.73 Å². The van der Waals surface area contributed by atoms with Gasteiger partial charge in [0.15, 0.2) is 0 Å². The molecule has 3 atom stereocenters. The van der Waals surface area contributed by atoms with Crippen LogP contribution >= 0.6 is 0 Å². The van der Waals surface area contributed by atoms with Crippen molar-refractivity contribution in [3.05, 3.63) is 66.0 Å². The van der Waals surface area contributed by atoms with E-state index in [1.807, 2.05) is 49.6 Å². The van der Waals surface area contributed by atoms with Crippen molar-refractivity contribution in [2.45, 2.75) is 18.5 Å². The summed E-state index contributed by atoms with van der Waals surface area (Å²) in [5.41, 5.74) is 7.89. The quantitative estimate of drug-likeness (QED) is 0.877. The van der Waals surface area contributed by atoms with E-state index in [2.05, 4.69) is 27.9 Å². The number of likely N-dealkylation sites (N-methyl/N-ethyl adjacent to an activating group) is 1. The number of carbonyl (C=O) groups is 1. The molecule has 0 aliphatic carbocycles. The van der Waals surface area contributed by atoms with E-state index < -0.39 is 6.04 Å². The Bertz CT molecular complexity index is 691. The van der Waals surface area contributed by atoms with Gasteiger partial charge in [0.25, 0.3) is 0 Å². The van der Waals surface area contributed by atoms with Gasteiger partial charge < -0.3 is 5.73 Å². The number of amides is 1. The number of nitrogens with zero attached hydrogens (tertiary/aromatic N) is 3. The van der Waals surface area contributed by atoms with Crippen LogP contribution in [0, 0.1) is 5.92 Å². The van der Waals surface area contributed by atoms with Crippen molar-refractivity contribution >= 4 is 5.91 Å². The van der Waals surface area contributed by atoms with Gasteiger partial charge in [-0.25, -0.2) is 0 Å². The zero-order chi connectivity index (χ0) is 17.8. The van der Waals surface area contributed by atoms with E-state index in [-0.39, 0.29) is 5.91 Å². The Balaban J connectivity index is 1.78. The Kier molecular flexibility index (Phi) is 5.46. The van der Waals surface area contributed by atoms with Crippen molar-refractivity contribution in [2.75, 3.05) is 27.2 Å². The lowest BCUT2D eigenvalue weighted by Gasteiger charge is -2.32. The first-order chi connectivity index (χ1) is 12.1. The maximum absolute atomic E-state index is 12.1. The number of primary amides is 1. The summed E-state index contributed by atoms with van der Waals surface area (Å²) in [5.74, 6) is 0.128. The standard InChI is InChI=1S/C20H26N4O/c1-23-12-10-17(18(23)16-9-6-11-22-13-16)14-24(2)19(20(21)25)15-7-4-3-5-8-15/h3-9,11,13,17-19H,10,12,14H2,1-2H3,(H2,21,25)/t17-,18-,19+/m0/s1. The summed E-state index contributed by atoms with van der Waals surface area (Å²) in [6, 6.07) is 13.8. The highest BCUT2D eigenvalue weighted by molar-refractivity contribution is 5.81. The van der Waals surface area contributed by atoms with Gasteiger partial charge >= 0.3 is 0 Å². The van der Waals surface area contributed by atoms with Crippen molar-refractivity contribution in [2.24, 2.45) is 11.7 Å². The number of aromatic nitrogens is 1. The molecule has 0 radical (unpaired) electrons. The lowest BCUT2D eigenvalue weighted by Crippen LogP contribution is -2.39. The highest BCUT2D eigenvalue weighted by Gasteiger charge is 2.35. The molecule has 1 aliphatic heterocycles. The molecule has 1 aliphatic rings. The van der Waals surface area contributed by atoms with Gasteiger partial charge in [0.1, 0.15) is 6.04 Å². The smallest absolute Gasteiger partial charge is 0.239 e. The first kappa shape index (κ1) is 17.6. The number of pyridine rings is 1. The Morgan fingerprint density at radius 1 is 1.32 bits per heavy atom. The summed E-state index contributed by atoms with van der Waals surface area (Å²) in [6.07, 6.45) is 4.85. The molecule has 0 saturated carbocycles. The topological polar surface area (TPSA) is 62.5 Å². The van der Waals surface area contributed by atoms with Crippen LogP contribution in [0.15, 0.2) is 54.9 Å². The first-order valence-corrected chi connectivity index (χ1v) is 8.72. The van der Waals surface area contributed by atoms with Crippen LogP contribution in [0.1, 0.15) is 29.6 Å². The Morgan fingerprint density at radius 2 is 2.08 bits per heavy atom. The van der Waals surface area contributed by atoms with Crippen LogP contribution in [0.5, 0.6) is 0 Å². The van der Waals surface area contributed by atoms with Crippen LogP contribution in [0.3, 0.4) is 0 Å². The molecule has 1 fully saturated rings. The first-order valence-electron chi connectivity index (χ1n) is 8.72. The Labute approximate surface area is 149 Å². The third kappa shape index (κ3) is 3.89. The van der Waals surface area contributed by atoms with Crippen LogP contribution in [-0.4, -0.2) is 47.9 Å². The number of likely N-dealkylation sites (tertiary alicyclic amines) is 1. The van der Waals surface area contributed by atoms with E-state index in [0.29, 0.717) is 12.0 Å². The predicted molar refractivity (Wildman–Crippen MR) is 98.7 cm³/mol. The largest absolute Gasteiger partial charge is 0.368 e. The molecule has 1 aromatic carbocycles. The molecule has 2 aromatic rings. The van der Waals surface area contributed by atoms with E-state index in [1.165, 1.54) is 5.56 Å². The fraction of sp³-hybridized carbons (Fsp3) is 0.400. The predicted octanol–water partition coefficient (Wildman–Crippen LogP) is 2.23. The highest BCUT2D eigenvalue weighted by Crippen LogP contribution is 2.37. The second-order valence-corrected chi connectivity index (χ2v) is 6.92. The van der Waals surface area contributed by atoms with Crippen LogP contribution in [0.4, 0.5) is 0 Å². The number of benzene rings is 1. The number of nitrogens with two attached hydrogens (primary N) is 1. The van der Waals surface area contributed by atoms with E-state index in [0.717, 1.165) is 25.1 Å². The number of rotatable bonds is 6. The second kappa shape index (κ2) is 7.76. The summed E-state index contributed by atoms with van der Waals surface area (Å²) < 4.78 is 0. The van der Waals surface area contributed by atoms with Crippen LogP contribution in [0.2, 0.25) is 0 Å². The average molecular weight is 338 g/mol. The van der Waals surface area contributed by atoms with E-state index in [9.17, 15) is 4.79 Å². The summed E-state index contributed by atoms with van der Waals surface area (Å²) in [6.45, 7) is 1.86. The molecule has 0 spiro atoms. The Morgan fingerprint density at radius 3 is 2.72 bits per heavy atom. The monoisotopic (exact) mass is 338 g/mol. The molecule has 3 rings (SSSR count). The molecule has 1 saturated heterocycles. The van der Waals surface area contributed by atoms with Crippen molar-refractivity contribution in [1.29, 1.82) is 0 Å². The number of hydrogen-bond acceptors (Lipinski definition) is 4. The Hall–Kier alpha value is -2.24. The zero-order valence-corrected chi connectivity index (χ0v) is 14.9. The molecule has 5 heteroatoms. The van der Waals surface area contributed by atoms with Gasteiger partial charge in [0.05, 0.1) is 0 Å². The molecule has 1 aromatic heterocycles. The van der Waals surface area contributed by atoms with Gasteiger partial charge in [0.2, 0.25) is 5.91 Å². The number of hydrogen-bond donors (Lipinski definition) is 1. The molecule has 1 amide bonds. The summed E-state index contributed by atoms with van der Waals surface area (Å²) in [4.78, 5) is 20.8. The fourth-order valence-electron chi connectivity index (χ4n) is 4.04. The highest BCUT2D eigenvalue weighted by atomic mass is 16.1. The molecular weight excluding hydrogens is 312 g/mol. The van der Waals surface area contributed by atoms with E-state index >= 15 is 0 Å². The number of carbonyl (C=O) groups excluding carboxylic acids is 1. The van der Waals surface area contributed by atoms with Crippen LogP contribution in [-0.2, 0) is 4.79 Å². The van der Waals surface area contributed by atoms with Gasteiger partial charge in [-0.1, -0.05) is 36.4 Å². The third-order valence-corrected chi connectivity index (χ3v) is 5.15. The van der Waals surface area contributed by atoms with Gasteiger partial charge in [-0.15, -0.1) is 0 Å². The van der Waals surface area contributed by atoms with Crippen LogP contribution in [0.25, 0.3) is 0 Å². The maximum Gasteiger partial charge on any atom is 0.239 e. The van der Waals surface area contributed by atoms with E-state index in [1.54, 1.807) is 6.20 Å². The molecule has 25 heavy (non-hydrogen) atoms.